The Morgan fingerprint density at radius 3 is 2.49 bits per heavy atom. The molecule has 184 valence electrons. The monoisotopic (exact) mass is 507 g/mol. The molecule has 3 rings (SSSR count). The Hall–Kier alpha value is -3.86. The van der Waals surface area contributed by atoms with Crippen LogP contribution < -0.4 is 10.7 Å². The molecule has 3 aromatic rings. The summed E-state index contributed by atoms with van der Waals surface area (Å²) in [4.78, 5) is 25.4. The molecule has 8 nitrogen and oxygen atoms in total. The highest BCUT2D eigenvalue weighted by molar-refractivity contribution is 6.29. The van der Waals surface area contributed by atoms with Crippen molar-refractivity contribution in [2.45, 2.75) is 26.6 Å². The maximum atomic E-state index is 13.1. The normalized spacial score (nSPS) is 11.1. The van der Waals surface area contributed by atoms with E-state index in [4.69, 9.17) is 16.3 Å². The lowest BCUT2D eigenvalue weighted by molar-refractivity contribution is -0.137. The first-order valence-corrected chi connectivity index (χ1v) is 10.6. The fourth-order valence-corrected chi connectivity index (χ4v) is 3.33. The minimum absolute atomic E-state index is 0.00678. The summed E-state index contributed by atoms with van der Waals surface area (Å²) in [6.07, 6.45) is -5.39. The molecular weight excluding hydrogens is 487 g/mol. The van der Waals surface area contributed by atoms with Crippen molar-refractivity contribution in [2.75, 3.05) is 12.4 Å². The Labute approximate surface area is 204 Å². The first-order chi connectivity index (χ1) is 16.5. The van der Waals surface area contributed by atoms with Gasteiger partial charge in [0, 0.05) is 5.69 Å². The third-order valence-electron chi connectivity index (χ3n) is 4.92. The summed E-state index contributed by atoms with van der Waals surface area (Å²) in [5.74, 6) is -0.978. The van der Waals surface area contributed by atoms with E-state index < -0.39 is 23.7 Å². The minimum atomic E-state index is -4.56. The molecule has 2 N–H and O–H groups in total. The van der Waals surface area contributed by atoms with E-state index in [-0.39, 0.29) is 28.8 Å². The van der Waals surface area contributed by atoms with Crippen LogP contribution in [0, 0.1) is 13.8 Å². The Kier molecular flexibility index (Phi) is 7.80. The number of hydrogen-bond acceptors (Lipinski definition) is 6. The van der Waals surface area contributed by atoms with Gasteiger partial charge in [0.25, 0.3) is 5.91 Å². The van der Waals surface area contributed by atoms with Crippen molar-refractivity contribution in [3.8, 4) is 0 Å². The molecule has 2 aromatic carbocycles. The maximum absolute atomic E-state index is 13.1. The fraction of sp³-hybridized carbons (Fsp3) is 0.217. The van der Waals surface area contributed by atoms with Crippen molar-refractivity contribution in [1.29, 1.82) is 0 Å². The van der Waals surface area contributed by atoms with E-state index in [0.29, 0.717) is 0 Å². The third-order valence-corrected chi connectivity index (χ3v) is 5.10. The number of benzene rings is 2. The Balaban J connectivity index is 1.88. The number of carbonyl (C=O) groups is 2. The minimum Gasteiger partial charge on any atom is -0.452 e. The number of aromatic nitrogens is 2. The molecule has 2 amide bonds. The first-order valence-electron chi connectivity index (χ1n) is 10.2. The quantitative estimate of drug-likeness (QED) is 0.447. The summed E-state index contributed by atoms with van der Waals surface area (Å²) in [6.45, 7) is 3.78. The van der Waals surface area contributed by atoms with Crippen molar-refractivity contribution >= 4 is 35.1 Å². The molecule has 0 aliphatic heterocycles. The van der Waals surface area contributed by atoms with Gasteiger partial charge in [0.05, 0.1) is 24.8 Å². The molecule has 0 aliphatic rings. The predicted octanol–water partition coefficient (Wildman–Crippen LogP) is 5.42. The topological polar surface area (TPSA) is 96.5 Å². The number of amides is 2. The van der Waals surface area contributed by atoms with Gasteiger partial charge in [0.1, 0.15) is 0 Å². The highest BCUT2D eigenvalue weighted by Gasteiger charge is 2.30. The molecule has 0 saturated carbocycles. The van der Waals surface area contributed by atoms with Crippen LogP contribution in [0.15, 0.2) is 48.5 Å². The van der Waals surface area contributed by atoms with E-state index >= 15 is 0 Å². The molecule has 0 bridgehead atoms. The Morgan fingerprint density at radius 2 is 1.83 bits per heavy atom. The lowest BCUT2D eigenvalue weighted by atomic mass is 10.1. The van der Waals surface area contributed by atoms with Crippen LogP contribution >= 0.6 is 11.6 Å². The number of anilines is 2. The number of alkyl halides is 3. The highest BCUT2D eigenvalue weighted by atomic mass is 35.5. The molecular formula is C23H21ClF3N5O3. The number of nitrogens with one attached hydrogen (secondary N) is 2. The van der Waals surface area contributed by atoms with E-state index in [9.17, 15) is 22.8 Å². The van der Waals surface area contributed by atoms with Gasteiger partial charge in [0.2, 0.25) is 0 Å². The Morgan fingerprint density at radius 1 is 1.09 bits per heavy atom. The van der Waals surface area contributed by atoms with Crippen molar-refractivity contribution in [3.63, 3.8) is 0 Å². The fourth-order valence-electron chi connectivity index (χ4n) is 3.18. The van der Waals surface area contributed by atoms with E-state index in [0.717, 1.165) is 40.9 Å². The van der Waals surface area contributed by atoms with Crippen molar-refractivity contribution in [2.24, 2.45) is 0 Å². The molecule has 35 heavy (non-hydrogen) atoms. The van der Waals surface area contributed by atoms with Crippen LogP contribution in [0.25, 0.3) is 0 Å². The van der Waals surface area contributed by atoms with E-state index in [1.165, 1.54) is 18.2 Å². The van der Waals surface area contributed by atoms with E-state index in [1.54, 1.807) is 0 Å². The van der Waals surface area contributed by atoms with Gasteiger partial charge >= 0.3 is 12.3 Å². The highest BCUT2D eigenvalue weighted by Crippen LogP contribution is 2.31. The summed E-state index contributed by atoms with van der Waals surface area (Å²) >= 11 is 5.91. The molecule has 12 heteroatoms. The average molecular weight is 508 g/mol. The molecule has 0 fully saturated rings. The summed E-state index contributed by atoms with van der Waals surface area (Å²) in [6, 6.07) is 11.1. The molecule has 1 aromatic heterocycles. The first kappa shape index (κ1) is 25.8. The van der Waals surface area contributed by atoms with Crippen LogP contribution in [0.3, 0.4) is 0 Å². The van der Waals surface area contributed by atoms with Crippen molar-refractivity contribution in [1.82, 2.24) is 20.6 Å². The Bertz CT molecular complexity index is 1250. The molecule has 0 saturated heterocycles. The number of carbonyl (C=O) groups excluding carboxylic acids is 2. The average Bonchev–Trinajstić information content (AvgIpc) is 2.80. The second-order valence-corrected chi connectivity index (χ2v) is 7.95. The third kappa shape index (κ3) is 6.60. The molecule has 0 radical (unpaired) electrons. The van der Waals surface area contributed by atoms with Gasteiger partial charge in [-0.05, 0) is 49.2 Å². The summed E-state index contributed by atoms with van der Waals surface area (Å²) < 4.78 is 44.0. The predicted molar refractivity (Wildman–Crippen MR) is 123 cm³/mol. The van der Waals surface area contributed by atoms with Crippen LogP contribution in [-0.2, 0) is 17.5 Å². The SMILES string of the molecule is COC(=O)N(Cc1ccc(C)cc1C)NC(=O)c1cc(Cl)nnc1Nc1cccc(C(F)(F)F)c1. The van der Waals surface area contributed by atoms with E-state index in [1.807, 2.05) is 32.0 Å². The van der Waals surface area contributed by atoms with Gasteiger partial charge < -0.3 is 10.1 Å². The number of ether oxygens (including phenoxy) is 1. The second kappa shape index (κ2) is 10.6. The zero-order valence-electron chi connectivity index (χ0n) is 18.9. The molecule has 0 aliphatic carbocycles. The number of methoxy groups -OCH3 is 1. The van der Waals surface area contributed by atoms with Gasteiger partial charge in [-0.1, -0.05) is 41.4 Å². The van der Waals surface area contributed by atoms with Crippen LogP contribution in [0.1, 0.15) is 32.6 Å². The largest absolute Gasteiger partial charge is 0.452 e. The zero-order chi connectivity index (χ0) is 25.8. The van der Waals surface area contributed by atoms with Crippen molar-refractivity contribution in [3.05, 3.63) is 81.5 Å². The van der Waals surface area contributed by atoms with E-state index in [2.05, 4.69) is 20.9 Å². The van der Waals surface area contributed by atoms with Crippen molar-refractivity contribution < 1.29 is 27.5 Å². The maximum Gasteiger partial charge on any atom is 0.428 e. The number of halogens is 4. The molecule has 1 heterocycles. The number of aryl methyl sites for hydroxylation is 2. The second-order valence-electron chi connectivity index (χ2n) is 7.56. The molecule has 0 spiro atoms. The number of hydrazine groups is 1. The summed E-state index contributed by atoms with van der Waals surface area (Å²) in [7, 11) is 1.16. The van der Waals surface area contributed by atoms with Gasteiger partial charge in [-0.25, -0.2) is 9.80 Å². The lowest BCUT2D eigenvalue weighted by Crippen LogP contribution is -2.46. The zero-order valence-corrected chi connectivity index (χ0v) is 19.7. The van der Waals surface area contributed by atoms with Crippen LogP contribution in [0.5, 0.6) is 0 Å². The van der Waals surface area contributed by atoms with Crippen LogP contribution in [0.4, 0.5) is 29.5 Å². The van der Waals surface area contributed by atoms with Crippen LogP contribution in [0.2, 0.25) is 5.15 Å². The van der Waals surface area contributed by atoms with Gasteiger partial charge in [0.15, 0.2) is 11.0 Å². The lowest BCUT2D eigenvalue weighted by Gasteiger charge is -2.23. The molecule has 0 unspecified atom stereocenters. The number of rotatable bonds is 5. The van der Waals surface area contributed by atoms with Gasteiger partial charge in [-0.3, -0.25) is 10.2 Å². The standard InChI is InChI=1S/C23H21ClF3N5O3/c1-13-7-8-15(14(2)9-13)12-32(22(34)35-3)31-21(33)18-11-19(24)29-30-20(18)28-17-6-4-5-16(10-17)23(25,26)27/h4-11H,12H2,1-3H3,(H,28,30)(H,31,33). The van der Waals surface area contributed by atoms with Crippen LogP contribution in [-0.4, -0.2) is 34.3 Å². The summed E-state index contributed by atoms with van der Waals surface area (Å²) in [5, 5.41) is 10.9. The molecule has 0 atom stereocenters. The van der Waals surface area contributed by atoms with Gasteiger partial charge in [-0.2, -0.15) is 13.2 Å². The summed E-state index contributed by atoms with van der Waals surface area (Å²) in [5.41, 5.74) is 4.10. The number of nitrogens with zero attached hydrogens (tertiary/aromatic N) is 3. The number of hydrogen-bond donors (Lipinski definition) is 2. The smallest absolute Gasteiger partial charge is 0.428 e. The van der Waals surface area contributed by atoms with Gasteiger partial charge in [-0.15, -0.1) is 10.2 Å².